The van der Waals surface area contributed by atoms with Crippen LogP contribution in [0.4, 0.5) is 5.69 Å². The second kappa shape index (κ2) is 13.7. The molecule has 0 unspecified atom stereocenters. The van der Waals surface area contributed by atoms with Crippen molar-refractivity contribution in [3.63, 3.8) is 0 Å². The minimum Gasteiger partial charge on any atom is -0.494 e. The zero-order valence-electron chi connectivity index (χ0n) is 21.9. The standard InChI is InChI=1S/C28H31Cl2N3O5S/c1-4-31-28(35)20(3)32(18-21-6-8-22(29)9-7-21)27(34)19-33(24-12-14-25(15-13-24)38-5-2)39(36,37)26-16-10-23(30)11-17-26/h6-17,20H,4-5,18-19H2,1-3H3,(H,31,35)/t20-/m1/s1. The zero-order valence-corrected chi connectivity index (χ0v) is 24.3. The van der Waals surface area contributed by atoms with Gasteiger partial charge in [-0.25, -0.2) is 8.42 Å². The normalized spacial score (nSPS) is 11.9. The van der Waals surface area contributed by atoms with Gasteiger partial charge in [-0.3, -0.25) is 13.9 Å². The Balaban J connectivity index is 2.02. The number of anilines is 1. The van der Waals surface area contributed by atoms with Gasteiger partial charge < -0.3 is 15.0 Å². The van der Waals surface area contributed by atoms with E-state index in [0.29, 0.717) is 28.9 Å². The third-order valence-corrected chi connectivity index (χ3v) is 8.19. The lowest BCUT2D eigenvalue weighted by molar-refractivity contribution is -0.139. The van der Waals surface area contributed by atoms with Gasteiger partial charge in [0.15, 0.2) is 0 Å². The highest BCUT2D eigenvalue weighted by Gasteiger charge is 2.32. The number of sulfonamides is 1. The van der Waals surface area contributed by atoms with Crippen molar-refractivity contribution in [3.8, 4) is 5.75 Å². The van der Waals surface area contributed by atoms with Crippen LogP contribution in [0.1, 0.15) is 26.3 Å². The summed E-state index contributed by atoms with van der Waals surface area (Å²) < 4.78 is 34.1. The maximum Gasteiger partial charge on any atom is 0.264 e. The molecule has 2 amide bonds. The van der Waals surface area contributed by atoms with Gasteiger partial charge in [-0.15, -0.1) is 0 Å². The van der Waals surface area contributed by atoms with Gasteiger partial charge in [0.25, 0.3) is 10.0 Å². The van der Waals surface area contributed by atoms with E-state index in [1.165, 1.54) is 29.2 Å². The number of ether oxygens (including phenoxy) is 1. The number of likely N-dealkylation sites (N-methyl/N-ethyl adjacent to an activating group) is 1. The Hall–Kier alpha value is -3.27. The van der Waals surface area contributed by atoms with Crippen LogP contribution in [0.5, 0.6) is 5.75 Å². The Morgan fingerprint density at radius 1 is 0.897 bits per heavy atom. The SMILES string of the molecule is CCNC(=O)[C@@H](C)N(Cc1ccc(Cl)cc1)C(=O)CN(c1ccc(OCC)cc1)S(=O)(=O)c1ccc(Cl)cc1. The molecule has 1 atom stereocenters. The molecule has 3 aromatic rings. The summed E-state index contributed by atoms with van der Waals surface area (Å²) in [4.78, 5) is 27.9. The summed E-state index contributed by atoms with van der Waals surface area (Å²) in [7, 11) is -4.19. The van der Waals surface area contributed by atoms with Gasteiger partial charge in [-0.2, -0.15) is 0 Å². The molecule has 0 heterocycles. The number of benzene rings is 3. The molecular formula is C28H31Cl2N3O5S. The van der Waals surface area contributed by atoms with Crippen LogP contribution in [0, 0.1) is 0 Å². The van der Waals surface area contributed by atoms with Gasteiger partial charge in [-0.1, -0.05) is 35.3 Å². The molecule has 0 aliphatic carbocycles. The number of amides is 2. The lowest BCUT2D eigenvalue weighted by Gasteiger charge is -2.32. The molecular weight excluding hydrogens is 561 g/mol. The molecule has 39 heavy (non-hydrogen) atoms. The molecule has 0 saturated carbocycles. The first kappa shape index (κ1) is 30.3. The molecule has 8 nitrogen and oxygen atoms in total. The van der Waals surface area contributed by atoms with Crippen LogP contribution in [-0.2, 0) is 26.2 Å². The second-order valence-electron chi connectivity index (χ2n) is 8.61. The molecule has 0 radical (unpaired) electrons. The van der Waals surface area contributed by atoms with Crippen LogP contribution < -0.4 is 14.4 Å². The topological polar surface area (TPSA) is 96.0 Å². The van der Waals surface area contributed by atoms with E-state index in [0.717, 1.165) is 9.87 Å². The molecule has 0 fully saturated rings. The maximum absolute atomic E-state index is 13.8. The number of hydrogen-bond acceptors (Lipinski definition) is 5. The van der Waals surface area contributed by atoms with Crippen molar-refractivity contribution >= 4 is 50.7 Å². The van der Waals surface area contributed by atoms with Gasteiger partial charge in [0, 0.05) is 23.1 Å². The van der Waals surface area contributed by atoms with E-state index in [9.17, 15) is 18.0 Å². The average Bonchev–Trinajstić information content (AvgIpc) is 2.92. The largest absolute Gasteiger partial charge is 0.494 e. The first-order valence-corrected chi connectivity index (χ1v) is 14.6. The van der Waals surface area contributed by atoms with E-state index in [2.05, 4.69) is 5.32 Å². The first-order chi connectivity index (χ1) is 18.6. The predicted octanol–water partition coefficient (Wildman–Crippen LogP) is 5.14. The van der Waals surface area contributed by atoms with E-state index >= 15 is 0 Å². The first-order valence-electron chi connectivity index (χ1n) is 12.4. The fraction of sp³-hybridized carbons (Fsp3) is 0.286. The van der Waals surface area contributed by atoms with Crippen LogP contribution in [0.3, 0.4) is 0 Å². The molecule has 0 aliphatic heterocycles. The van der Waals surface area contributed by atoms with Gasteiger partial charge >= 0.3 is 0 Å². The molecule has 11 heteroatoms. The van der Waals surface area contributed by atoms with E-state index < -0.39 is 28.5 Å². The molecule has 0 saturated heterocycles. The minimum absolute atomic E-state index is 0.0328. The highest BCUT2D eigenvalue weighted by atomic mass is 35.5. The summed E-state index contributed by atoms with van der Waals surface area (Å²) in [6.45, 7) is 5.59. The van der Waals surface area contributed by atoms with Crippen LogP contribution in [-0.4, -0.2) is 50.9 Å². The van der Waals surface area contributed by atoms with Crippen molar-refractivity contribution in [1.82, 2.24) is 10.2 Å². The van der Waals surface area contributed by atoms with Crippen molar-refractivity contribution in [3.05, 3.63) is 88.4 Å². The van der Waals surface area contributed by atoms with Crippen molar-refractivity contribution in [2.75, 3.05) is 24.0 Å². The van der Waals surface area contributed by atoms with Gasteiger partial charge in [0.1, 0.15) is 18.3 Å². The summed E-state index contributed by atoms with van der Waals surface area (Å²) in [6.07, 6.45) is 0. The summed E-state index contributed by atoms with van der Waals surface area (Å²) in [5.41, 5.74) is 0.996. The van der Waals surface area contributed by atoms with Crippen molar-refractivity contribution in [1.29, 1.82) is 0 Å². The Morgan fingerprint density at radius 3 is 2.00 bits per heavy atom. The number of nitrogens with zero attached hydrogens (tertiary/aromatic N) is 2. The number of carbonyl (C=O) groups excluding carboxylic acids is 2. The molecule has 3 aromatic carbocycles. The summed E-state index contributed by atoms with van der Waals surface area (Å²) in [5.74, 6) is -0.353. The van der Waals surface area contributed by atoms with E-state index in [1.54, 1.807) is 62.4 Å². The molecule has 0 aromatic heterocycles. The number of nitrogens with one attached hydrogen (secondary N) is 1. The van der Waals surface area contributed by atoms with Crippen molar-refractivity contribution in [2.24, 2.45) is 0 Å². The second-order valence-corrected chi connectivity index (χ2v) is 11.3. The van der Waals surface area contributed by atoms with Crippen molar-refractivity contribution < 1.29 is 22.7 Å². The lowest BCUT2D eigenvalue weighted by atomic mass is 10.1. The minimum atomic E-state index is -4.19. The fourth-order valence-electron chi connectivity index (χ4n) is 3.83. The highest BCUT2D eigenvalue weighted by Crippen LogP contribution is 2.27. The molecule has 0 aliphatic rings. The van der Waals surface area contributed by atoms with Gasteiger partial charge in [0.05, 0.1) is 17.2 Å². The van der Waals surface area contributed by atoms with Crippen LogP contribution >= 0.6 is 23.2 Å². The van der Waals surface area contributed by atoms with Crippen molar-refractivity contribution in [2.45, 2.75) is 38.3 Å². The van der Waals surface area contributed by atoms with Crippen LogP contribution in [0.25, 0.3) is 0 Å². The maximum atomic E-state index is 13.8. The third kappa shape index (κ3) is 7.88. The number of hydrogen-bond donors (Lipinski definition) is 1. The number of rotatable bonds is 12. The quantitative estimate of drug-likeness (QED) is 0.314. The Morgan fingerprint density at radius 2 is 1.46 bits per heavy atom. The molecule has 0 spiro atoms. The Bertz CT molecular complexity index is 1370. The number of halogens is 2. The van der Waals surface area contributed by atoms with Crippen LogP contribution in [0.2, 0.25) is 10.0 Å². The molecule has 3 rings (SSSR count). The fourth-order valence-corrected chi connectivity index (χ4v) is 5.50. The Kier molecular flexibility index (Phi) is 10.6. The predicted molar refractivity (Wildman–Crippen MR) is 154 cm³/mol. The van der Waals surface area contributed by atoms with E-state index in [4.69, 9.17) is 27.9 Å². The Labute approximate surface area is 239 Å². The zero-order chi connectivity index (χ0) is 28.6. The average molecular weight is 593 g/mol. The summed E-state index contributed by atoms with van der Waals surface area (Å²) in [6, 6.07) is 18.1. The van der Waals surface area contributed by atoms with Gasteiger partial charge in [-0.05, 0) is 87.0 Å². The highest BCUT2D eigenvalue weighted by molar-refractivity contribution is 7.92. The summed E-state index contributed by atoms with van der Waals surface area (Å²) >= 11 is 12.0. The number of carbonyl (C=O) groups is 2. The molecule has 1 N–H and O–H groups in total. The monoisotopic (exact) mass is 591 g/mol. The van der Waals surface area contributed by atoms with Gasteiger partial charge in [0.2, 0.25) is 11.8 Å². The summed E-state index contributed by atoms with van der Waals surface area (Å²) in [5, 5.41) is 3.64. The third-order valence-electron chi connectivity index (χ3n) is 5.90. The molecule has 208 valence electrons. The van der Waals surface area contributed by atoms with E-state index in [1.807, 2.05) is 6.92 Å². The smallest absolute Gasteiger partial charge is 0.264 e. The lowest BCUT2D eigenvalue weighted by Crippen LogP contribution is -2.51. The molecule has 0 bridgehead atoms. The van der Waals surface area contributed by atoms with Crippen LogP contribution in [0.15, 0.2) is 77.7 Å². The van der Waals surface area contributed by atoms with E-state index in [-0.39, 0.29) is 23.0 Å².